The van der Waals surface area contributed by atoms with Gasteiger partial charge in [-0.3, -0.25) is 9.79 Å². The average molecular weight is 383 g/mol. The first-order valence-corrected chi connectivity index (χ1v) is 9.26. The zero-order chi connectivity index (χ0) is 19.9. The summed E-state index contributed by atoms with van der Waals surface area (Å²) in [5.74, 6) is 0.715. The first kappa shape index (κ1) is 19.4. The van der Waals surface area contributed by atoms with Gasteiger partial charge >= 0.3 is 0 Å². The first-order valence-electron chi connectivity index (χ1n) is 9.26. The van der Waals surface area contributed by atoms with Crippen molar-refractivity contribution < 1.29 is 9.53 Å². The summed E-state index contributed by atoms with van der Waals surface area (Å²) in [5.41, 5.74) is 6.87. The highest BCUT2D eigenvalue weighted by Gasteiger charge is 2.25. The van der Waals surface area contributed by atoms with Crippen LogP contribution in [0.2, 0.25) is 0 Å². The third-order valence-electron chi connectivity index (χ3n) is 4.37. The molecule has 1 atom stereocenters. The maximum atomic E-state index is 11.9. The number of aromatic nitrogens is 3. The first-order chi connectivity index (χ1) is 13.6. The monoisotopic (exact) mass is 383 g/mol. The minimum Gasteiger partial charge on any atom is -0.472 e. The number of carbonyl (C=O) groups excluding carboxylic acids is 1. The lowest BCUT2D eigenvalue weighted by Gasteiger charge is -2.32. The highest BCUT2D eigenvalue weighted by molar-refractivity contribution is 5.87. The van der Waals surface area contributed by atoms with Gasteiger partial charge in [0.1, 0.15) is 11.8 Å². The van der Waals surface area contributed by atoms with Crippen LogP contribution in [0.15, 0.2) is 41.8 Å². The Kier molecular flexibility index (Phi) is 6.25. The quantitative estimate of drug-likeness (QED) is 0.495. The summed E-state index contributed by atoms with van der Waals surface area (Å²) in [7, 11) is 0. The molecule has 0 aliphatic carbocycles. The van der Waals surface area contributed by atoms with E-state index in [0.29, 0.717) is 42.8 Å². The van der Waals surface area contributed by atoms with Crippen molar-refractivity contribution in [3.8, 4) is 5.88 Å². The summed E-state index contributed by atoms with van der Waals surface area (Å²) in [6, 6.07) is 1.86. The van der Waals surface area contributed by atoms with Crippen molar-refractivity contribution in [3.05, 3.63) is 36.8 Å². The van der Waals surface area contributed by atoms with Gasteiger partial charge in [0.05, 0.1) is 17.6 Å². The number of nitrogens with zero attached hydrogens (tertiary/aromatic N) is 4. The standard InChI is InChI=1S/C19H25N7O2/c1-3-16(27)26-9-5-6-14(12-26)28-18-15-7-8-22-17(15)24-19(25-18)23-13(10-20)11-21-4-2/h3,7-8,10-11,14H,1,4-6,9,12,20H2,2H3,(H2,22,23,24,25). The SMILES string of the molecule is C=CC(=O)N1CCCC(Oc2nc(NC(C=NCC)=CN)nc3[nH]ccc23)C1. The van der Waals surface area contributed by atoms with Gasteiger partial charge in [-0.2, -0.15) is 9.97 Å². The normalized spacial score (nSPS) is 17.8. The summed E-state index contributed by atoms with van der Waals surface area (Å²) in [6.45, 7) is 7.34. The molecule has 1 fully saturated rings. The number of likely N-dealkylation sites (tertiary alicyclic amines) is 1. The molecule has 0 saturated carbocycles. The molecule has 148 valence electrons. The van der Waals surface area contributed by atoms with Crippen LogP contribution in [0.3, 0.4) is 0 Å². The van der Waals surface area contributed by atoms with Gasteiger partial charge in [0.15, 0.2) is 0 Å². The molecule has 1 saturated heterocycles. The molecule has 0 spiro atoms. The molecule has 4 N–H and O–H groups in total. The number of nitrogens with one attached hydrogen (secondary N) is 2. The van der Waals surface area contributed by atoms with Crippen LogP contribution in [-0.2, 0) is 4.79 Å². The zero-order valence-corrected chi connectivity index (χ0v) is 15.9. The second kappa shape index (κ2) is 9.03. The Balaban J connectivity index is 1.82. The molecule has 2 aromatic rings. The van der Waals surface area contributed by atoms with Crippen molar-refractivity contribution in [2.75, 3.05) is 25.0 Å². The molecule has 0 radical (unpaired) electrons. The van der Waals surface area contributed by atoms with E-state index < -0.39 is 0 Å². The van der Waals surface area contributed by atoms with E-state index in [0.717, 1.165) is 18.2 Å². The number of hydrogen-bond acceptors (Lipinski definition) is 7. The summed E-state index contributed by atoms with van der Waals surface area (Å²) < 4.78 is 6.17. The van der Waals surface area contributed by atoms with Crippen molar-refractivity contribution in [3.63, 3.8) is 0 Å². The number of fused-ring (bicyclic) bond motifs is 1. The number of piperidine rings is 1. The molecule has 1 unspecified atom stereocenters. The fourth-order valence-corrected chi connectivity index (χ4v) is 3.02. The number of allylic oxidation sites excluding steroid dienone is 1. The number of carbonyl (C=O) groups is 1. The number of aliphatic imine (C=N–C) groups is 1. The molecule has 9 heteroatoms. The van der Waals surface area contributed by atoms with E-state index in [4.69, 9.17) is 10.5 Å². The second-order valence-electron chi connectivity index (χ2n) is 6.34. The largest absolute Gasteiger partial charge is 0.472 e. The van der Waals surface area contributed by atoms with Crippen LogP contribution in [0.25, 0.3) is 11.0 Å². The summed E-state index contributed by atoms with van der Waals surface area (Å²) in [5, 5.41) is 3.82. The maximum Gasteiger partial charge on any atom is 0.246 e. The molecule has 9 nitrogen and oxygen atoms in total. The van der Waals surface area contributed by atoms with Gasteiger partial charge in [-0.15, -0.1) is 0 Å². The number of rotatable bonds is 7. The smallest absolute Gasteiger partial charge is 0.246 e. The molecule has 3 rings (SSSR count). The van der Waals surface area contributed by atoms with Crippen LogP contribution in [0.5, 0.6) is 5.88 Å². The number of H-pyrrole nitrogens is 1. The molecule has 3 heterocycles. The Morgan fingerprint density at radius 1 is 1.57 bits per heavy atom. The lowest BCUT2D eigenvalue weighted by Crippen LogP contribution is -2.43. The lowest BCUT2D eigenvalue weighted by atomic mass is 10.1. The van der Waals surface area contributed by atoms with E-state index in [2.05, 4.69) is 31.8 Å². The van der Waals surface area contributed by atoms with E-state index in [9.17, 15) is 4.79 Å². The van der Waals surface area contributed by atoms with Crippen LogP contribution < -0.4 is 15.8 Å². The average Bonchev–Trinajstić information content (AvgIpc) is 3.19. The molecule has 1 amide bonds. The molecular weight excluding hydrogens is 358 g/mol. The Morgan fingerprint density at radius 3 is 3.18 bits per heavy atom. The van der Waals surface area contributed by atoms with Gasteiger partial charge in [-0.1, -0.05) is 6.58 Å². The van der Waals surface area contributed by atoms with E-state index >= 15 is 0 Å². The van der Waals surface area contributed by atoms with E-state index in [1.807, 2.05) is 13.0 Å². The third kappa shape index (κ3) is 4.48. The highest BCUT2D eigenvalue weighted by Crippen LogP contribution is 2.26. The van der Waals surface area contributed by atoms with Crippen molar-refractivity contribution in [2.45, 2.75) is 25.9 Å². The van der Waals surface area contributed by atoms with Crippen LogP contribution in [0.4, 0.5) is 5.95 Å². The summed E-state index contributed by atoms with van der Waals surface area (Å²) in [6.07, 6.45) is 7.70. The Morgan fingerprint density at radius 2 is 2.43 bits per heavy atom. The van der Waals surface area contributed by atoms with Gasteiger partial charge < -0.3 is 25.7 Å². The van der Waals surface area contributed by atoms with E-state index in [-0.39, 0.29) is 12.0 Å². The van der Waals surface area contributed by atoms with Gasteiger partial charge in [-0.05, 0) is 31.9 Å². The fourth-order valence-electron chi connectivity index (χ4n) is 3.02. The minimum atomic E-state index is -0.148. The molecule has 1 aliphatic rings. The van der Waals surface area contributed by atoms with Crippen molar-refractivity contribution in [1.29, 1.82) is 0 Å². The van der Waals surface area contributed by atoms with Gasteiger partial charge in [-0.25, -0.2) is 0 Å². The van der Waals surface area contributed by atoms with E-state index in [1.54, 1.807) is 17.3 Å². The molecular formula is C19H25N7O2. The number of anilines is 1. The third-order valence-corrected chi connectivity index (χ3v) is 4.37. The number of hydrogen-bond donors (Lipinski definition) is 3. The van der Waals surface area contributed by atoms with Crippen LogP contribution >= 0.6 is 0 Å². The Labute approximate surface area is 163 Å². The topological polar surface area (TPSA) is 122 Å². The molecule has 0 aromatic carbocycles. The molecule has 2 aromatic heterocycles. The van der Waals surface area contributed by atoms with Crippen LogP contribution in [0, 0.1) is 0 Å². The summed E-state index contributed by atoms with van der Waals surface area (Å²) in [4.78, 5) is 29.8. The van der Waals surface area contributed by atoms with Crippen molar-refractivity contribution >= 4 is 29.1 Å². The maximum absolute atomic E-state index is 11.9. The zero-order valence-electron chi connectivity index (χ0n) is 15.9. The van der Waals surface area contributed by atoms with Crippen LogP contribution in [-0.4, -0.2) is 57.7 Å². The van der Waals surface area contributed by atoms with E-state index in [1.165, 1.54) is 12.3 Å². The number of nitrogens with two attached hydrogens (primary N) is 1. The number of ether oxygens (including phenoxy) is 1. The van der Waals surface area contributed by atoms with Crippen molar-refractivity contribution in [1.82, 2.24) is 19.9 Å². The predicted molar refractivity (Wildman–Crippen MR) is 109 cm³/mol. The second-order valence-corrected chi connectivity index (χ2v) is 6.34. The Bertz CT molecular complexity index is 903. The molecule has 1 aliphatic heterocycles. The predicted octanol–water partition coefficient (Wildman–Crippen LogP) is 1.82. The fraction of sp³-hybridized carbons (Fsp3) is 0.368. The van der Waals surface area contributed by atoms with Crippen molar-refractivity contribution in [2.24, 2.45) is 10.7 Å². The molecule has 0 bridgehead atoms. The Hall–Kier alpha value is -3.36. The number of amides is 1. The van der Waals surface area contributed by atoms with Gasteiger partial charge in [0.2, 0.25) is 17.7 Å². The highest BCUT2D eigenvalue weighted by atomic mass is 16.5. The number of aromatic amines is 1. The minimum absolute atomic E-state index is 0.0851. The van der Waals surface area contributed by atoms with Gasteiger partial charge in [0.25, 0.3) is 0 Å². The van der Waals surface area contributed by atoms with Gasteiger partial charge in [0, 0.05) is 31.7 Å². The summed E-state index contributed by atoms with van der Waals surface area (Å²) >= 11 is 0. The molecule has 28 heavy (non-hydrogen) atoms. The van der Waals surface area contributed by atoms with Crippen LogP contribution in [0.1, 0.15) is 19.8 Å². The lowest BCUT2D eigenvalue weighted by molar-refractivity contribution is -0.128.